The molecule has 1 aliphatic heterocycles. The van der Waals surface area contributed by atoms with Gasteiger partial charge in [-0.15, -0.1) is 0 Å². The van der Waals surface area contributed by atoms with Gasteiger partial charge < -0.3 is 14.6 Å². The van der Waals surface area contributed by atoms with Crippen LogP contribution in [0.5, 0.6) is 0 Å². The van der Waals surface area contributed by atoms with Crippen molar-refractivity contribution < 1.29 is 4.42 Å². The highest BCUT2D eigenvalue weighted by Gasteiger charge is 2.36. The van der Waals surface area contributed by atoms with Crippen molar-refractivity contribution in [2.75, 3.05) is 44.2 Å². The molecule has 2 aliphatic rings. The average Bonchev–Trinajstić information content (AvgIpc) is 3.23. The third-order valence-corrected chi connectivity index (χ3v) is 5.49. The van der Waals surface area contributed by atoms with Gasteiger partial charge in [0.2, 0.25) is 5.95 Å². The molecule has 3 heterocycles. The second kappa shape index (κ2) is 8.18. The van der Waals surface area contributed by atoms with Crippen LogP contribution in [0.4, 0.5) is 5.95 Å². The predicted octanol–water partition coefficient (Wildman–Crippen LogP) is 2.49. The Labute approximate surface area is 155 Å². The normalized spacial score (nSPS) is 23.3. The van der Waals surface area contributed by atoms with E-state index in [1.807, 2.05) is 18.5 Å². The van der Waals surface area contributed by atoms with Crippen LogP contribution in [-0.4, -0.2) is 54.1 Å². The van der Waals surface area contributed by atoms with Crippen molar-refractivity contribution in [3.8, 4) is 0 Å². The topological polar surface area (TPSA) is 57.4 Å². The van der Waals surface area contributed by atoms with Gasteiger partial charge in [0, 0.05) is 44.5 Å². The first-order chi connectivity index (χ1) is 12.8. The number of nitrogens with zero attached hydrogens (tertiary/aromatic N) is 4. The van der Waals surface area contributed by atoms with Crippen molar-refractivity contribution in [2.45, 2.75) is 32.2 Å². The van der Waals surface area contributed by atoms with E-state index < -0.39 is 0 Å². The Morgan fingerprint density at radius 2 is 1.92 bits per heavy atom. The molecule has 2 aromatic heterocycles. The van der Waals surface area contributed by atoms with Crippen LogP contribution < -0.4 is 10.2 Å². The summed E-state index contributed by atoms with van der Waals surface area (Å²) in [4.78, 5) is 13.5. The van der Waals surface area contributed by atoms with E-state index in [0.29, 0.717) is 5.92 Å². The Kier molecular flexibility index (Phi) is 5.51. The summed E-state index contributed by atoms with van der Waals surface area (Å²) in [5.74, 6) is 4.57. The van der Waals surface area contributed by atoms with E-state index in [2.05, 4.69) is 44.1 Å². The van der Waals surface area contributed by atoms with E-state index in [1.165, 1.54) is 12.2 Å². The van der Waals surface area contributed by atoms with Crippen LogP contribution in [0.1, 0.15) is 37.2 Å². The largest absolute Gasteiger partial charge is 0.464 e. The number of nitrogens with one attached hydrogen (secondary N) is 1. The molecule has 2 aromatic rings. The lowest BCUT2D eigenvalue weighted by Crippen LogP contribution is -2.47. The van der Waals surface area contributed by atoms with E-state index >= 15 is 0 Å². The first kappa shape index (κ1) is 17.5. The van der Waals surface area contributed by atoms with Gasteiger partial charge in [-0.2, -0.15) is 0 Å². The molecular weight excluding hydrogens is 326 g/mol. The second-order valence-corrected chi connectivity index (χ2v) is 7.53. The van der Waals surface area contributed by atoms with Gasteiger partial charge in [0.25, 0.3) is 0 Å². The number of anilines is 1. The first-order valence-corrected chi connectivity index (χ1v) is 9.83. The monoisotopic (exact) mass is 355 g/mol. The molecule has 0 spiro atoms. The van der Waals surface area contributed by atoms with E-state index in [1.54, 1.807) is 0 Å². The van der Waals surface area contributed by atoms with Gasteiger partial charge in [-0.05, 0) is 50.0 Å². The third-order valence-electron chi connectivity index (χ3n) is 5.49. The lowest BCUT2D eigenvalue weighted by molar-refractivity contribution is 0.252. The Hall–Kier alpha value is -1.92. The number of rotatable bonds is 8. The van der Waals surface area contributed by atoms with Crippen LogP contribution in [0.3, 0.4) is 0 Å². The molecule has 1 saturated heterocycles. The van der Waals surface area contributed by atoms with Crippen LogP contribution in [-0.2, 0) is 6.54 Å². The standard InChI is InChI=1S/C20H29N5O/c1-16-14-18(16)19-5-4-17(26-19)15-21-6-3-9-24-10-12-25(13-11-24)20-22-7-2-8-23-20/h2,4-5,7-8,16,18,21H,3,6,9-15H2,1H3. The maximum Gasteiger partial charge on any atom is 0.225 e. The molecular formula is C20H29N5O. The minimum absolute atomic E-state index is 0.670. The number of piperazine rings is 1. The highest BCUT2D eigenvalue weighted by atomic mass is 16.3. The van der Waals surface area contributed by atoms with Crippen molar-refractivity contribution in [1.82, 2.24) is 20.2 Å². The summed E-state index contributed by atoms with van der Waals surface area (Å²) in [6, 6.07) is 6.14. The molecule has 26 heavy (non-hydrogen) atoms. The van der Waals surface area contributed by atoms with Gasteiger partial charge in [-0.25, -0.2) is 9.97 Å². The fourth-order valence-electron chi connectivity index (χ4n) is 3.67. The summed E-state index contributed by atoms with van der Waals surface area (Å²) in [5.41, 5.74) is 0. The van der Waals surface area contributed by atoms with Gasteiger partial charge in [0.15, 0.2) is 0 Å². The minimum atomic E-state index is 0.670. The molecule has 0 amide bonds. The molecule has 6 heteroatoms. The molecule has 1 saturated carbocycles. The minimum Gasteiger partial charge on any atom is -0.464 e. The van der Waals surface area contributed by atoms with Crippen molar-refractivity contribution in [3.05, 3.63) is 42.1 Å². The SMILES string of the molecule is CC1CC1c1ccc(CNCCCN2CCN(c3ncccn3)CC2)o1. The fraction of sp³-hybridized carbons (Fsp3) is 0.600. The second-order valence-electron chi connectivity index (χ2n) is 7.53. The quantitative estimate of drug-likeness (QED) is 0.734. The molecule has 0 radical (unpaired) electrons. The van der Waals surface area contributed by atoms with Gasteiger partial charge in [-0.1, -0.05) is 6.92 Å². The Morgan fingerprint density at radius 3 is 2.65 bits per heavy atom. The van der Waals surface area contributed by atoms with E-state index in [0.717, 1.165) is 69.9 Å². The van der Waals surface area contributed by atoms with Gasteiger partial charge in [0.1, 0.15) is 11.5 Å². The molecule has 1 N–H and O–H groups in total. The Bertz CT molecular complexity index is 681. The van der Waals surface area contributed by atoms with Crippen molar-refractivity contribution >= 4 is 5.95 Å². The van der Waals surface area contributed by atoms with Crippen LogP contribution in [0, 0.1) is 5.92 Å². The lowest BCUT2D eigenvalue weighted by atomic mass is 10.3. The zero-order chi connectivity index (χ0) is 17.8. The van der Waals surface area contributed by atoms with Crippen LogP contribution in [0.15, 0.2) is 35.0 Å². The lowest BCUT2D eigenvalue weighted by Gasteiger charge is -2.34. The van der Waals surface area contributed by atoms with Crippen molar-refractivity contribution in [2.24, 2.45) is 5.92 Å². The Balaban J connectivity index is 1.09. The molecule has 2 unspecified atom stereocenters. The zero-order valence-electron chi connectivity index (χ0n) is 15.6. The number of hydrogen-bond donors (Lipinski definition) is 1. The van der Waals surface area contributed by atoms with Crippen molar-refractivity contribution in [3.63, 3.8) is 0 Å². The van der Waals surface area contributed by atoms with E-state index in [4.69, 9.17) is 4.42 Å². The average molecular weight is 355 g/mol. The zero-order valence-corrected chi connectivity index (χ0v) is 15.6. The molecule has 140 valence electrons. The number of hydrogen-bond acceptors (Lipinski definition) is 6. The van der Waals surface area contributed by atoms with E-state index in [-0.39, 0.29) is 0 Å². The summed E-state index contributed by atoms with van der Waals surface area (Å²) < 4.78 is 5.94. The first-order valence-electron chi connectivity index (χ1n) is 9.83. The third kappa shape index (κ3) is 4.43. The molecule has 0 aromatic carbocycles. The maximum atomic E-state index is 5.94. The molecule has 4 rings (SSSR count). The summed E-state index contributed by atoms with van der Waals surface area (Å²) in [7, 11) is 0. The van der Waals surface area contributed by atoms with Gasteiger partial charge in [0.05, 0.1) is 6.54 Å². The summed E-state index contributed by atoms with van der Waals surface area (Å²) in [5, 5.41) is 3.51. The maximum absolute atomic E-state index is 5.94. The smallest absolute Gasteiger partial charge is 0.225 e. The summed E-state index contributed by atoms with van der Waals surface area (Å²) in [6.07, 6.45) is 6.07. The molecule has 6 nitrogen and oxygen atoms in total. The van der Waals surface area contributed by atoms with Crippen LogP contribution in [0.2, 0.25) is 0 Å². The van der Waals surface area contributed by atoms with Gasteiger partial charge in [-0.3, -0.25) is 4.90 Å². The van der Waals surface area contributed by atoms with Crippen molar-refractivity contribution in [1.29, 1.82) is 0 Å². The van der Waals surface area contributed by atoms with Crippen LogP contribution in [0.25, 0.3) is 0 Å². The van der Waals surface area contributed by atoms with Crippen LogP contribution >= 0.6 is 0 Å². The summed E-state index contributed by atoms with van der Waals surface area (Å²) in [6.45, 7) is 9.46. The molecule has 2 atom stereocenters. The number of aromatic nitrogens is 2. The Morgan fingerprint density at radius 1 is 1.15 bits per heavy atom. The fourth-order valence-corrected chi connectivity index (χ4v) is 3.67. The molecule has 0 bridgehead atoms. The van der Waals surface area contributed by atoms with Gasteiger partial charge >= 0.3 is 0 Å². The molecule has 1 aliphatic carbocycles. The highest BCUT2D eigenvalue weighted by molar-refractivity contribution is 5.29. The summed E-state index contributed by atoms with van der Waals surface area (Å²) >= 11 is 0. The predicted molar refractivity (Wildman–Crippen MR) is 102 cm³/mol. The van der Waals surface area contributed by atoms with E-state index in [9.17, 15) is 0 Å². The number of furan rings is 1. The highest BCUT2D eigenvalue weighted by Crippen LogP contribution is 2.47. The molecule has 2 fully saturated rings.